The number of rotatable bonds is 2. The second kappa shape index (κ2) is 8.92. The number of fused-ring (bicyclic) bond motifs is 2. The second-order valence-electron chi connectivity index (χ2n) is 8.51. The molecule has 4 aromatic rings. The first-order valence-corrected chi connectivity index (χ1v) is 11.3. The molecule has 0 aromatic heterocycles. The summed E-state index contributed by atoms with van der Waals surface area (Å²) in [6, 6.07) is 30.0. The predicted molar refractivity (Wildman–Crippen MR) is 132 cm³/mol. The molecule has 0 bridgehead atoms. The van der Waals surface area contributed by atoms with E-state index in [1.165, 1.54) is 44.5 Å². The molecular formula is C30H28O2. The fourth-order valence-corrected chi connectivity index (χ4v) is 4.62. The molecule has 0 aliphatic carbocycles. The topological polar surface area (TPSA) is 18.5 Å². The zero-order chi connectivity index (χ0) is 21.9. The summed E-state index contributed by atoms with van der Waals surface area (Å²) >= 11 is 0. The lowest BCUT2D eigenvalue weighted by molar-refractivity contribution is 0.286. The Morgan fingerprint density at radius 3 is 1.34 bits per heavy atom. The van der Waals surface area contributed by atoms with Gasteiger partial charge in [0.15, 0.2) is 0 Å². The Bertz CT molecular complexity index is 1130. The molecule has 160 valence electrons. The summed E-state index contributed by atoms with van der Waals surface area (Å²) in [5.74, 6) is 1.95. The highest BCUT2D eigenvalue weighted by Crippen LogP contribution is 2.37. The smallest absolute Gasteiger partial charge is 0.123 e. The number of aryl methyl sites for hydroxylation is 2. The van der Waals surface area contributed by atoms with Crippen LogP contribution in [0.4, 0.5) is 0 Å². The van der Waals surface area contributed by atoms with Crippen LogP contribution in [-0.2, 0) is 12.8 Å². The molecule has 0 saturated heterocycles. The number of benzene rings is 4. The van der Waals surface area contributed by atoms with Crippen molar-refractivity contribution in [1.82, 2.24) is 0 Å². The summed E-state index contributed by atoms with van der Waals surface area (Å²) in [5.41, 5.74) is 9.77. The monoisotopic (exact) mass is 420 g/mol. The van der Waals surface area contributed by atoms with Crippen molar-refractivity contribution in [2.24, 2.45) is 0 Å². The Morgan fingerprint density at radius 2 is 0.938 bits per heavy atom. The minimum Gasteiger partial charge on any atom is -0.493 e. The molecule has 0 spiro atoms. The normalized spacial score (nSPS) is 13.3. The SMILES string of the molecule is Cc1cc2c(c(-c3ccccc3)c1)CCOc1cc(C)cc(-c3ccccc3)c1CCO2. The van der Waals surface area contributed by atoms with Crippen LogP contribution in [0.5, 0.6) is 11.5 Å². The van der Waals surface area contributed by atoms with Gasteiger partial charge in [-0.2, -0.15) is 0 Å². The quantitative estimate of drug-likeness (QED) is 0.341. The standard InChI is InChI=1S/C30H28O2/c1-21-17-27(23-9-5-3-6-10-23)25-13-16-32-30-20-22(2)18-28(24-11-7-4-8-12-24)26(30)14-15-31-29(25)19-21/h3-12,17-20H,13-16H2,1-2H3. The maximum atomic E-state index is 6.43. The Morgan fingerprint density at radius 1 is 0.531 bits per heavy atom. The van der Waals surface area contributed by atoms with Crippen molar-refractivity contribution in [3.05, 3.63) is 107 Å². The van der Waals surface area contributed by atoms with Gasteiger partial charge in [-0.15, -0.1) is 0 Å². The summed E-state index contributed by atoms with van der Waals surface area (Å²) in [7, 11) is 0. The van der Waals surface area contributed by atoms with Gasteiger partial charge in [-0.05, 0) is 59.4 Å². The van der Waals surface area contributed by atoms with Crippen LogP contribution in [0.1, 0.15) is 22.3 Å². The molecular weight excluding hydrogens is 392 g/mol. The third-order valence-corrected chi connectivity index (χ3v) is 6.10. The highest BCUT2D eigenvalue weighted by molar-refractivity contribution is 5.72. The van der Waals surface area contributed by atoms with Crippen molar-refractivity contribution in [2.75, 3.05) is 13.2 Å². The second-order valence-corrected chi connectivity index (χ2v) is 8.51. The van der Waals surface area contributed by atoms with E-state index in [0.717, 1.165) is 24.3 Å². The largest absolute Gasteiger partial charge is 0.493 e. The third-order valence-electron chi connectivity index (χ3n) is 6.10. The maximum Gasteiger partial charge on any atom is 0.123 e. The molecule has 5 rings (SSSR count). The average Bonchev–Trinajstić information content (AvgIpc) is 2.82. The van der Waals surface area contributed by atoms with Gasteiger partial charge in [0.2, 0.25) is 0 Å². The lowest BCUT2D eigenvalue weighted by Gasteiger charge is -2.22. The zero-order valence-corrected chi connectivity index (χ0v) is 18.7. The molecule has 0 fully saturated rings. The summed E-state index contributed by atoms with van der Waals surface area (Å²) in [6.45, 7) is 5.50. The minimum atomic E-state index is 0.615. The summed E-state index contributed by atoms with van der Waals surface area (Å²) in [6.07, 6.45) is 1.60. The molecule has 0 radical (unpaired) electrons. The Hall–Kier alpha value is -3.52. The van der Waals surface area contributed by atoms with Crippen molar-refractivity contribution in [1.29, 1.82) is 0 Å². The molecule has 2 nitrogen and oxygen atoms in total. The first-order valence-electron chi connectivity index (χ1n) is 11.3. The maximum absolute atomic E-state index is 6.43. The highest BCUT2D eigenvalue weighted by Gasteiger charge is 2.18. The van der Waals surface area contributed by atoms with Gasteiger partial charge < -0.3 is 9.47 Å². The number of hydrogen-bond donors (Lipinski definition) is 0. The molecule has 0 unspecified atom stereocenters. The van der Waals surface area contributed by atoms with Crippen LogP contribution in [0.2, 0.25) is 0 Å². The van der Waals surface area contributed by atoms with Crippen molar-refractivity contribution in [2.45, 2.75) is 26.7 Å². The Labute approximate surface area is 190 Å². The van der Waals surface area contributed by atoms with Crippen LogP contribution in [0.3, 0.4) is 0 Å². The molecule has 0 N–H and O–H groups in total. The predicted octanol–water partition coefficient (Wildman–Crippen LogP) is 7.19. The van der Waals surface area contributed by atoms with Gasteiger partial charge in [0.05, 0.1) is 13.2 Å². The summed E-state index contributed by atoms with van der Waals surface area (Å²) in [4.78, 5) is 0. The van der Waals surface area contributed by atoms with E-state index in [1.54, 1.807) is 0 Å². The van der Waals surface area contributed by atoms with E-state index in [9.17, 15) is 0 Å². The van der Waals surface area contributed by atoms with Crippen LogP contribution in [-0.4, -0.2) is 13.2 Å². The molecule has 32 heavy (non-hydrogen) atoms. The van der Waals surface area contributed by atoms with Crippen LogP contribution < -0.4 is 9.47 Å². The van der Waals surface area contributed by atoms with E-state index in [2.05, 4.69) is 98.8 Å². The molecule has 1 aliphatic rings. The van der Waals surface area contributed by atoms with Crippen molar-refractivity contribution in [3.8, 4) is 33.8 Å². The van der Waals surface area contributed by atoms with E-state index in [0.29, 0.717) is 13.2 Å². The first-order chi connectivity index (χ1) is 15.7. The van der Waals surface area contributed by atoms with E-state index in [1.807, 2.05) is 0 Å². The molecule has 2 heteroatoms. The van der Waals surface area contributed by atoms with Gasteiger partial charge >= 0.3 is 0 Å². The number of hydrogen-bond acceptors (Lipinski definition) is 2. The van der Waals surface area contributed by atoms with Gasteiger partial charge in [0.1, 0.15) is 11.5 Å². The average molecular weight is 421 g/mol. The van der Waals surface area contributed by atoms with Crippen LogP contribution in [0.25, 0.3) is 22.3 Å². The van der Waals surface area contributed by atoms with Gasteiger partial charge in [0, 0.05) is 24.0 Å². The van der Waals surface area contributed by atoms with E-state index in [4.69, 9.17) is 9.47 Å². The molecule has 0 atom stereocenters. The Kier molecular flexibility index (Phi) is 5.68. The fourth-order valence-electron chi connectivity index (χ4n) is 4.62. The molecule has 0 amide bonds. The van der Waals surface area contributed by atoms with Crippen molar-refractivity contribution < 1.29 is 9.47 Å². The lowest BCUT2D eigenvalue weighted by Crippen LogP contribution is -2.13. The van der Waals surface area contributed by atoms with E-state index in [-0.39, 0.29) is 0 Å². The van der Waals surface area contributed by atoms with E-state index >= 15 is 0 Å². The van der Waals surface area contributed by atoms with Gasteiger partial charge in [-0.3, -0.25) is 0 Å². The molecule has 4 aromatic carbocycles. The number of ether oxygens (including phenoxy) is 2. The van der Waals surface area contributed by atoms with Crippen LogP contribution in [0.15, 0.2) is 84.9 Å². The minimum absolute atomic E-state index is 0.615. The summed E-state index contributed by atoms with van der Waals surface area (Å²) in [5, 5.41) is 0. The zero-order valence-electron chi connectivity index (χ0n) is 18.7. The molecule has 1 heterocycles. The third kappa shape index (κ3) is 4.13. The fraction of sp³-hybridized carbons (Fsp3) is 0.200. The molecule has 0 saturated carbocycles. The van der Waals surface area contributed by atoms with Gasteiger partial charge in [-0.25, -0.2) is 0 Å². The molecule has 1 aliphatic heterocycles. The van der Waals surface area contributed by atoms with Crippen molar-refractivity contribution in [3.63, 3.8) is 0 Å². The van der Waals surface area contributed by atoms with Gasteiger partial charge in [0.25, 0.3) is 0 Å². The summed E-state index contributed by atoms with van der Waals surface area (Å²) < 4.78 is 12.9. The Balaban J connectivity index is 1.54. The lowest BCUT2D eigenvalue weighted by atomic mass is 9.93. The van der Waals surface area contributed by atoms with Crippen LogP contribution in [0, 0.1) is 13.8 Å². The van der Waals surface area contributed by atoms with Crippen molar-refractivity contribution >= 4 is 0 Å². The van der Waals surface area contributed by atoms with Crippen LogP contribution >= 0.6 is 0 Å². The van der Waals surface area contributed by atoms with Gasteiger partial charge in [-0.1, -0.05) is 72.8 Å². The van der Waals surface area contributed by atoms with E-state index < -0.39 is 0 Å². The first kappa shape index (κ1) is 20.4. The highest BCUT2D eigenvalue weighted by atomic mass is 16.5.